The fourth-order valence-electron chi connectivity index (χ4n) is 2.25. The molecular weight excluding hydrogens is 352 g/mol. The summed E-state index contributed by atoms with van der Waals surface area (Å²) in [6.07, 6.45) is 1.29. The molecule has 0 fully saturated rings. The van der Waals surface area contributed by atoms with Gasteiger partial charge in [-0.3, -0.25) is 4.79 Å². The third kappa shape index (κ3) is 4.10. The van der Waals surface area contributed by atoms with Crippen molar-refractivity contribution >= 4 is 34.3 Å². The lowest BCUT2D eigenvalue weighted by atomic mass is 10.1. The van der Waals surface area contributed by atoms with E-state index in [9.17, 15) is 20.0 Å². The minimum atomic E-state index is -0.664. The van der Waals surface area contributed by atoms with Crippen LogP contribution in [-0.2, 0) is 9.53 Å². The molecule has 2 N–H and O–H groups in total. The van der Waals surface area contributed by atoms with Gasteiger partial charge in [-0.15, -0.1) is 11.3 Å². The van der Waals surface area contributed by atoms with Crippen molar-refractivity contribution in [3.63, 3.8) is 0 Å². The Kier molecular flexibility index (Phi) is 6.15. The van der Waals surface area contributed by atoms with Crippen molar-refractivity contribution in [2.24, 2.45) is 0 Å². The molecule has 0 atom stereocenters. The number of carbonyl (C=O) groups excluding carboxylic acids is 2. The van der Waals surface area contributed by atoms with Gasteiger partial charge < -0.3 is 15.2 Å². The van der Waals surface area contributed by atoms with Crippen molar-refractivity contribution in [2.75, 3.05) is 11.9 Å². The molecule has 0 saturated carbocycles. The number of hydrogen-bond acceptors (Lipinski definition) is 6. The van der Waals surface area contributed by atoms with E-state index in [-0.39, 0.29) is 17.9 Å². The van der Waals surface area contributed by atoms with Crippen molar-refractivity contribution in [1.29, 1.82) is 5.26 Å². The second kappa shape index (κ2) is 8.32. The molecule has 2 aromatic rings. The van der Waals surface area contributed by atoms with E-state index in [2.05, 4.69) is 5.32 Å². The maximum absolute atomic E-state index is 12.5. The van der Waals surface area contributed by atoms with Crippen molar-refractivity contribution in [3.8, 4) is 11.8 Å². The Labute approximate surface area is 155 Å². The fraction of sp³-hybridized carbons (Fsp3) is 0.211. The van der Waals surface area contributed by atoms with Gasteiger partial charge in [0.05, 0.1) is 12.2 Å². The second-order valence-electron chi connectivity index (χ2n) is 5.39. The van der Waals surface area contributed by atoms with Crippen molar-refractivity contribution < 1.29 is 19.4 Å². The molecule has 0 spiro atoms. The van der Waals surface area contributed by atoms with Crippen LogP contribution in [0.25, 0.3) is 6.08 Å². The van der Waals surface area contributed by atoms with Crippen molar-refractivity contribution in [3.05, 3.63) is 51.4 Å². The zero-order chi connectivity index (χ0) is 19.3. The molecule has 0 unspecified atom stereocenters. The molecule has 6 nitrogen and oxygen atoms in total. The Bertz CT molecular complexity index is 922. The molecule has 0 bridgehead atoms. The number of hydrogen-bond donors (Lipinski definition) is 2. The molecule has 0 radical (unpaired) electrons. The third-order valence-electron chi connectivity index (χ3n) is 3.69. The predicted octanol–water partition coefficient (Wildman–Crippen LogP) is 3.79. The van der Waals surface area contributed by atoms with Gasteiger partial charge in [-0.2, -0.15) is 5.26 Å². The van der Waals surface area contributed by atoms with E-state index in [1.165, 1.54) is 23.5 Å². The Morgan fingerprint density at radius 3 is 2.65 bits per heavy atom. The molecule has 2 rings (SSSR count). The first-order valence-corrected chi connectivity index (χ1v) is 8.68. The van der Waals surface area contributed by atoms with Gasteiger partial charge in [0.25, 0.3) is 5.91 Å². The Hall–Kier alpha value is -3.11. The summed E-state index contributed by atoms with van der Waals surface area (Å²) in [6.45, 7) is 5.53. The second-order valence-corrected chi connectivity index (χ2v) is 6.62. The monoisotopic (exact) mass is 370 g/mol. The first kappa shape index (κ1) is 19.2. The Morgan fingerprint density at radius 2 is 2.04 bits per heavy atom. The topological polar surface area (TPSA) is 99.4 Å². The lowest BCUT2D eigenvalue weighted by Crippen LogP contribution is -2.16. The molecule has 0 saturated heterocycles. The van der Waals surface area contributed by atoms with Crippen LogP contribution < -0.4 is 5.32 Å². The molecule has 1 heterocycles. The first-order valence-electron chi connectivity index (χ1n) is 7.87. The number of nitriles is 1. The number of rotatable bonds is 5. The van der Waals surface area contributed by atoms with E-state index in [4.69, 9.17) is 4.74 Å². The number of aryl methyl sites for hydroxylation is 1. The summed E-state index contributed by atoms with van der Waals surface area (Å²) in [4.78, 5) is 25.5. The van der Waals surface area contributed by atoms with E-state index < -0.39 is 11.9 Å². The number of carbonyl (C=O) groups is 2. The summed E-state index contributed by atoms with van der Waals surface area (Å²) in [5.41, 5.74) is 1.18. The van der Waals surface area contributed by atoms with Gasteiger partial charge in [0.15, 0.2) is 0 Å². The van der Waals surface area contributed by atoms with Crippen LogP contribution in [0.15, 0.2) is 29.8 Å². The molecule has 26 heavy (non-hydrogen) atoms. The number of aromatic hydroxyl groups is 1. The largest absolute Gasteiger partial charge is 0.507 e. The van der Waals surface area contributed by atoms with Crippen LogP contribution in [0.3, 0.4) is 0 Å². The maximum Gasteiger partial charge on any atom is 0.341 e. The van der Waals surface area contributed by atoms with Gasteiger partial charge in [0, 0.05) is 10.4 Å². The van der Waals surface area contributed by atoms with Gasteiger partial charge in [0.2, 0.25) is 0 Å². The Morgan fingerprint density at radius 1 is 1.35 bits per heavy atom. The number of nitrogens with one attached hydrogen (secondary N) is 1. The molecule has 0 aliphatic heterocycles. The van der Waals surface area contributed by atoms with E-state index in [0.29, 0.717) is 16.1 Å². The highest BCUT2D eigenvalue weighted by atomic mass is 32.1. The van der Waals surface area contributed by atoms with Crippen LogP contribution in [0.5, 0.6) is 5.75 Å². The van der Waals surface area contributed by atoms with Crippen LogP contribution in [0.4, 0.5) is 5.00 Å². The van der Waals surface area contributed by atoms with Crippen LogP contribution >= 0.6 is 11.3 Å². The summed E-state index contributed by atoms with van der Waals surface area (Å²) in [5.74, 6) is -1.22. The number of ether oxygens (including phenoxy) is 1. The number of amides is 1. The number of thiophene rings is 1. The number of phenolic OH excluding ortho intramolecular Hbond substituents is 1. The molecule has 134 valence electrons. The summed E-state index contributed by atoms with van der Waals surface area (Å²) >= 11 is 1.24. The zero-order valence-corrected chi connectivity index (χ0v) is 15.4. The predicted molar refractivity (Wildman–Crippen MR) is 100 cm³/mol. The SMILES string of the molecule is CCOC(=O)c1c(NC(=O)C(C#N)=Cc2ccccc2O)sc(C)c1C. The number of benzene rings is 1. The smallest absolute Gasteiger partial charge is 0.341 e. The molecule has 0 aliphatic carbocycles. The van der Waals surface area contributed by atoms with Gasteiger partial charge >= 0.3 is 5.97 Å². The summed E-state index contributed by atoms with van der Waals surface area (Å²) < 4.78 is 5.05. The van der Waals surface area contributed by atoms with Crippen LogP contribution in [0, 0.1) is 25.2 Å². The van der Waals surface area contributed by atoms with Gasteiger partial charge in [-0.05, 0) is 38.5 Å². The number of phenols is 1. The van der Waals surface area contributed by atoms with E-state index in [0.717, 1.165) is 10.4 Å². The van der Waals surface area contributed by atoms with Crippen molar-refractivity contribution in [1.82, 2.24) is 0 Å². The average molecular weight is 370 g/mol. The standard InChI is InChI=1S/C19H18N2O4S/c1-4-25-19(24)16-11(2)12(3)26-18(16)21-17(23)14(10-20)9-13-7-5-6-8-15(13)22/h5-9,22H,4H2,1-3H3,(H,21,23). The molecule has 1 amide bonds. The first-order chi connectivity index (χ1) is 12.4. The highest BCUT2D eigenvalue weighted by molar-refractivity contribution is 7.16. The quantitative estimate of drug-likeness (QED) is 0.474. The molecule has 1 aromatic carbocycles. The minimum absolute atomic E-state index is 0.0388. The van der Waals surface area contributed by atoms with Crippen molar-refractivity contribution in [2.45, 2.75) is 20.8 Å². The maximum atomic E-state index is 12.5. The molecule has 1 aromatic heterocycles. The Balaban J connectivity index is 2.35. The van der Waals surface area contributed by atoms with Crippen LogP contribution in [0.2, 0.25) is 0 Å². The normalized spacial score (nSPS) is 10.9. The summed E-state index contributed by atoms with van der Waals surface area (Å²) in [6, 6.07) is 8.19. The summed E-state index contributed by atoms with van der Waals surface area (Å²) in [7, 11) is 0. The van der Waals surface area contributed by atoms with Crippen LogP contribution in [0.1, 0.15) is 33.3 Å². The van der Waals surface area contributed by atoms with Gasteiger partial charge in [-0.1, -0.05) is 18.2 Å². The lowest BCUT2D eigenvalue weighted by Gasteiger charge is -2.07. The highest BCUT2D eigenvalue weighted by Gasteiger charge is 2.23. The third-order valence-corrected chi connectivity index (χ3v) is 4.82. The summed E-state index contributed by atoms with van der Waals surface area (Å²) in [5, 5.41) is 22.0. The number of esters is 1. The molecular formula is C19H18N2O4S. The number of para-hydroxylation sites is 1. The highest BCUT2D eigenvalue weighted by Crippen LogP contribution is 2.33. The molecule has 0 aliphatic rings. The minimum Gasteiger partial charge on any atom is -0.507 e. The number of nitrogens with zero attached hydrogens (tertiary/aromatic N) is 1. The molecule has 7 heteroatoms. The average Bonchev–Trinajstić information content (AvgIpc) is 2.88. The fourth-order valence-corrected chi connectivity index (χ4v) is 3.29. The van der Waals surface area contributed by atoms with Gasteiger partial charge in [0.1, 0.15) is 22.4 Å². The van der Waals surface area contributed by atoms with E-state index in [1.807, 2.05) is 13.0 Å². The van der Waals surface area contributed by atoms with E-state index >= 15 is 0 Å². The number of anilines is 1. The van der Waals surface area contributed by atoms with E-state index in [1.54, 1.807) is 32.0 Å². The van der Waals surface area contributed by atoms with Gasteiger partial charge in [-0.25, -0.2) is 4.79 Å². The van der Waals surface area contributed by atoms with Crippen LogP contribution in [-0.4, -0.2) is 23.6 Å². The zero-order valence-electron chi connectivity index (χ0n) is 14.6. The lowest BCUT2D eigenvalue weighted by molar-refractivity contribution is -0.112.